The Morgan fingerprint density at radius 1 is 0.795 bits per heavy atom. The average Bonchev–Trinajstić information content (AvgIpc) is 2.84. The molecule has 0 aliphatic rings. The van der Waals surface area contributed by atoms with Crippen LogP contribution in [0.1, 0.15) is 31.2 Å². The number of nitrogens with zero attached hydrogens (tertiary/aromatic N) is 1. The monoisotopic (exact) mass is 550 g/mol. The summed E-state index contributed by atoms with van der Waals surface area (Å²) in [6.07, 6.45) is -1.30. The van der Waals surface area contributed by atoms with Crippen LogP contribution in [-0.4, -0.2) is 82.5 Å². The molecule has 1 rings (SSSR count). The minimum absolute atomic E-state index is 0.0270. The molecule has 0 aliphatic heterocycles. The van der Waals surface area contributed by atoms with Gasteiger partial charge in [0.05, 0.1) is 18.9 Å². The number of carbonyl (C=O) groups is 6. The van der Waals surface area contributed by atoms with Crippen molar-refractivity contribution in [2.24, 2.45) is 27.9 Å². The zero-order chi connectivity index (χ0) is 29.5. The van der Waals surface area contributed by atoms with E-state index >= 15 is 0 Å². The van der Waals surface area contributed by atoms with Gasteiger partial charge in [-0.05, 0) is 18.4 Å². The number of aliphatic carboxylic acids is 2. The van der Waals surface area contributed by atoms with Crippen molar-refractivity contribution >= 4 is 41.5 Å². The van der Waals surface area contributed by atoms with E-state index in [2.05, 4.69) is 20.9 Å². The van der Waals surface area contributed by atoms with Crippen LogP contribution in [0.25, 0.3) is 0 Å². The first-order valence-corrected chi connectivity index (χ1v) is 11.8. The molecule has 1 aromatic carbocycles. The topological polar surface area (TPSA) is 295 Å². The molecule has 16 nitrogen and oxygen atoms in total. The summed E-state index contributed by atoms with van der Waals surface area (Å²) in [5.41, 5.74) is 22.0. The lowest BCUT2D eigenvalue weighted by molar-refractivity contribution is -0.147. The van der Waals surface area contributed by atoms with Crippen LogP contribution in [0.5, 0.6) is 0 Å². The predicted octanol–water partition coefficient (Wildman–Crippen LogP) is -3.50. The standard InChI is InChI=1S/C23H34N8O8/c24-13(10-17(25)32)19(35)30-15(9-12-5-2-1-3-6-12)21(37)29-14(7-4-8-28-23(26)27)20(36)31-16(22(38)39)11-18(33)34/h1-3,5-6,13-16H,4,7-11,24H2,(H2,25,32)(H,29,37)(H,30,35)(H,31,36)(H,33,34)(H,38,39)(H4,26,27,28). The van der Waals surface area contributed by atoms with E-state index in [4.69, 9.17) is 28.0 Å². The average molecular weight is 551 g/mol. The van der Waals surface area contributed by atoms with Crippen molar-refractivity contribution in [3.63, 3.8) is 0 Å². The summed E-state index contributed by atoms with van der Waals surface area (Å²) in [6, 6.07) is 2.83. The van der Waals surface area contributed by atoms with Gasteiger partial charge in [-0.15, -0.1) is 0 Å². The summed E-state index contributed by atoms with van der Waals surface area (Å²) in [7, 11) is 0. The van der Waals surface area contributed by atoms with Gasteiger partial charge in [0.1, 0.15) is 18.1 Å². The maximum atomic E-state index is 13.3. The molecule has 39 heavy (non-hydrogen) atoms. The molecule has 16 heteroatoms. The lowest BCUT2D eigenvalue weighted by Gasteiger charge is -2.25. The van der Waals surface area contributed by atoms with Gasteiger partial charge >= 0.3 is 11.9 Å². The number of carbonyl (C=O) groups excluding carboxylic acids is 4. The van der Waals surface area contributed by atoms with Gasteiger partial charge < -0.3 is 49.1 Å². The molecule has 0 bridgehead atoms. The van der Waals surface area contributed by atoms with Gasteiger partial charge in [-0.3, -0.25) is 29.0 Å². The zero-order valence-electron chi connectivity index (χ0n) is 21.0. The van der Waals surface area contributed by atoms with Crippen molar-refractivity contribution in [1.82, 2.24) is 16.0 Å². The molecule has 0 aromatic heterocycles. The van der Waals surface area contributed by atoms with Crippen LogP contribution in [0.4, 0.5) is 0 Å². The van der Waals surface area contributed by atoms with E-state index in [9.17, 15) is 33.9 Å². The molecule has 0 saturated heterocycles. The molecule has 13 N–H and O–H groups in total. The van der Waals surface area contributed by atoms with E-state index in [1.807, 2.05) is 0 Å². The molecule has 4 amide bonds. The van der Waals surface area contributed by atoms with E-state index < -0.39 is 72.6 Å². The number of hydrogen-bond donors (Lipinski definition) is 9. The third kappa shape index (κ3) is 12.9. The van der Waals surface area contributed by atoms with Crippen LogP contribution < -0.4 is 38.9 Å². The van der Waals surface area contributed by atoms with E-state index in [-0.39, 0.29) is 31.8 Å². The normalized spacial score (nSPS) is 13.6. The number of nitrogens with one attached hydrogen (secondary N) is 3. The second kappa shape index (κ2) is 16.2. The maximum absolute atomic E-state index is 13.3. The smallest absolute Gasteiger partial charge is 0.326 e. The maximum Gasteiger partial charge on any atom is 0.326 e. The van der Waals surface area contributed by atoms with Gasteiger partial charge in [-0.2, -0.15) is 0 Å². The Morgan fingerprint density at radius 3 is 1.90 bits per heavy atom. The number of nitrogens with two attached hydrogens (primary N) is 4. The van der Waals surface area contributed by atoms with Crippen molar-refractivity contribution in [1.29, 1.82) is 0 Å². The predicted molar refractivity (Wildman–Crippen MR) is 138 cm³/mol. The third-order valence-corrected chi connectivity index (χ3v) is 5.25. The molecule has 0 aliphatic carbocycles. The molecule has 1 aromatic rings. The summed E-state index contributed by atoms with van der Waals surface area (Å²) in [6.45, 7) is 0.0750. The lowest BCUT2D eigenvalue weighted by Crippen LogP contribution is -2.58. The number of guanidine groups is 1. The fourth-order valence-corrected chi connectivity index (χ4v) is 3.34. The quantitative estimate of drug-likeness (QED) is 0.0520. The van der Waals surface area contributed by atoms with Crippen molar-refractivity contribution in [3.05, 3.63) is 35.9 Å². The van der Waals surface area contributed by atoms with Gasteiger partial charge in [-0.1, -0.05) is 30.3 Å². The zero-order valence-corrected chi connectivity index (χ0v) is 21.0. The Balaban J connectivity index is 3.17. The van der Waals surface area contributed by atoms with Crippen molar-refractivity contribution < 1.29 is 39.0 Å². The van der Waals surface area contributed by atoms with Crippen LogP contribution in [0.3, 0.4) is 0 Å². The molecule has 4 atom stereocenters. The Kier molecular flexibility index (Phi) is 13.4. The van der Waals surface area contributed by atoms with Gasteiger partial charge in [-0.25, -0.2) is 4.79 Å². The number of carboxylic acids is 2. The molecule has 0 heterocycles. The van der Waals surface area contributed by atoms with E-state index in [1.54, 1.807) is 30.3 Å². The summed E-state index contributed by atoms with van der Waals surface area (Å²) >= 11 is 0. The van der Waals surface area contributed by atoms with Gasteiger partial charge in [0, 0.05) is 13.0 Å². The summed E-state index contributed by atoms with van der Waals surface area (Å²) in [5, 5.41) is 25.2. The highest BCUT2D eigenvalue weighted by Crippen LogP contribution is 2.07. The number of amides is 4. The molecule has 0 saturated carbocycles. The highest BCUT2D eigenvalue weighted by molar-refractivity contribution is 5.95. The van der Waals surface area contributed by atoms with Crippen molar-refractivity contribution in [2.45, 2.75) is 56.3 Å². The molecule has 0 radical (unpaired) electrons. The molecular formula is C23H34N8O8. The first-order valence-electron chi connectivity index (χ1n) is 11.8. The number of benzene rings is 1. The second-order valence-corrected chi connectivity index (χ2v) is 8.54. The number of hydrogen-bond acceptors (Lipinski definition) is 8. The number of aliphatic imine (C=N–C) groups is 1. The van der Waals surface area contributed by atoms with Crippen molar-refractivity contribution in [2.75, 3.05) is 6.54 Å². The van der Waals surface area contributed by atoms with Crippen molar-refractivity contribution in [3.8, 4) is 0 Å². The Bertz CT molecular complexity index is 1060. The Labute approximate surface area is 223 Å². The highest BCUT2D eigenvalue weighted by atomic mass is 16.4. The van der Waals surface area contributed by atoms with Crippen LogP contribution in [0, 0.1) is 0 Å². The summed E-state index contributed by atoms with van der Waals surface area (Å²) in [4.78, 5) is 76.1. The summed E-state index contributed by atoms with van der Waals surface area (Å²) < 4.78 is 0. The van der Waals surface area contributed by atoms with Gasteiger partial charge in [0.2, 0.25) is 23.6 Å². The Morgan fingerprint density at radius 2 is 1.36 bits per heavy atom. The van der Waals surface area contributed by atoms with Crippen LogP contribution in [0.2, 0.25) is 0 Å². The molecule has 214 valence electrons. The molecular weight excluding hydrogens is 516 g/mol. The van der Waals surface area contributed by atoms with Crippen LogP contribution >= 0.6 is 0 Å². The molecule has 0 fully saturated rings. The fraction of sp³-hybridized carbons (Fsp3) is 0.435. The molecule has 0 spiro atoms. The third-order valence-electron chi connectivity index (χ3n) is 5.25. The lowest BCUT2D eigenvalue weighted by atomic mass is 10.0. The summed E-state index contributed by atoms with van der Waals surface area (Å²) in [5.74, 6) is -6.73. The first kappa shape index (κ1) is 32.3. The largest absolute Gasteiger partial charge is 0.481 e. The number of rotatable bonds is 17. The minimum Gasteiger partial charge on any atom is -0.481 e. The van der Waals surface area contributed by atoms with Gasteiger partial charge in [0.25, 0.3) is 0 Å². The van der Waals surface area contributed by atoms with E-state index in [0.29, 0.717) is 5.56 Å². The molecule has 4 unspecified atom stereocenters. The van der Waals surface area contributed by atoms with E-state index in [1.165, 1.54) is 0 Å². The number of carboxylic acid groups (broad SMARTS) is 2. The number of primary amides is 1. The van der Waals surface area contributed by atoms with Crippen LogP contribution in [0.15, 0.2) is 35.3 Å². The second-order valence-electron chi connectivity index (χ2n) is 8.54. The Hall–Kier alpha value is -4.73. The minimum atomic E-state index is -1.77. The fourth-order valence-electron chi connectivity index (χ4n) is 3.34. The van der Waals surface area contributed by atoms with Crippen LogP contribution in [-0.2, 0) is 35.2 Å². The SMILES string of the molecule is NC(=O)CC(N)C(=O)NC(Cc1ccccc1)C(=O)NC(CCCN=C(N)N)C(=O)NC(CC(=O)O)C(=O)O. The van der Waals surface area contributed by atoms with Gasteiger partial charge in [0.15, 0.2) is 5.96 Å². The van der Waals surface area contributed by atoms with E-state index in [0.717, 1.165) is 0 Å². The highest BCUT2D eigenvalue weighted by Gasteiger charge is 2.31. The first-order chi connectivity index (χ1) is 18.3.